The first-order valence-electron chi connectivity index (χ1n) is 10.9. The van der Waals surface area contributed by atoms with Crippen molar-refractivity contribution in [3.05, 3.63) is 30.6 Å². The van der Waals surface area contributed by atoms with Crippen molar-refractivity contribution in [2.24, 2.45) is 0 Å². The number of halogens is 1. The number of pyridine rings is 1. The summed E-state index contributed by atoms with van der Waals surface area (Å²) in [4.78, 5) is 0. The van der Waals surface area contributed by atoms with Crippen molar-refractivity contribution in [2.45, 2.75) is 115 Å². The van der Waals surface area contributed by atoms with Crippen LogP contribution < -0.4 is 4.57 Å². The molecule has 1 atom stereocenters. The second-order valence-electron chi connectivity index (χ2n) is 7.55. The van der Waals surface area contributed by atoms with Crippen LogP contribution in [-0.2, 0) is 6.54 Å². The van der Waals surface area contributed by atoms with Crippen molar-refractivity contribution < 1.29 is 4.57 Å². The van der Waals surface area contributed by atoms with Crippen molar-refractivity contribution in [1.29, 1.82) is 0 Å². The van der Waals surface area contributed by atoms with Crippen molar-refractivity contribution in [2.75, 3.05) is 0 Å². The van der Waals surface area contributed by atoms with Crippen LogP contribution in [0, 0.1) is 0 Å². The highest BCUT2D eigenvalue weighted by Gasteiger charge is 2.09. The van der Waals surface area contributed by atoms with Gasteiger partial charge in [-0.25, -0.2) is 4.57 Å². The molecule has 0 fully saturated rings. The third-order valence-electron chi connectivity index (χ3n) is 5.06. The molecule has 1 aromatic heterocycles. The van der Waals surface area contributed by atoms with E-state index in [1.807, 2.05) is 6.07 Å². The number of alkyl halides is 1. The highest BCUT2D eigenvalue weighted by molar-refractivity contribution is 6.20. The standard InChI is InChI=1S/C23H41ClN/c1-2-3-4-5-6-7-8-9-10-11-12-13-14-16-19-23(24)22-25-20-17-15-18-21-25/h15,17-18,20-21,23H,2-14,16,19,22H2,1H3/q+1. The molecular weight excluding hydrogens is 326 g/mol. The minimum absolute atomic E-state index is 0.268. The molecule has 144 valence electrons. The Balaban J connectivity index is 1.78. The maximum absolute atomic E-state index is 6.45. The van der Waals surface area contributed by atoms with Crippen LogP contribution in [-0.4, -0.2) is 5.38 Å². The molecule has 1 rings (SSSR count). The topological polar surface area (TPSA) is 3.88 Å². The molecule has 0 saturated heterocycles. The first-order valence-corrected chi connectivity index (χ1v) is 11.3. The van der Waals surface area contributed by atoms with Gasteiger partial charge in [0.25, 0.3) is 0 Å². The summed E-state index contributed by atoms with van der Waals surface area (Å²) >= 11 is 6.45. The molecule has 1 nitrogen and oxygen atoms in total. The number of rotatable bonds is 17. The van der Waals surface area contributed by atoms with E-state index >= 15 is 0 Å². The smallest absolute Gasteiger partial charge is 0.168 e. The molecule has 0 aliphatic carbocycles. The summed E-state index contributed by atoms with van der Waals surface area (Å²) in [5.74, 6) is 0. The fourth-order valence-electron chi connectivity index (χ4n) is 3.44. The van der Waals surface area contributed by atoms with Crippen molar-refractivity contribution in [1.82, 2.24) is 0 Å². The zero-order valence-electron chi connectivity index (χ0n) is 16.6. The Morgan fingerprint density at radius 2 is 1.08 bits per heavy atom. The maximum atomic E-state index is 6.45. The first kappa shape index (κ1) is 22.5. The second kappa shape index (κ2) is 16.9. The minimum atomic E-state index is 0.268. The van der Waals surface area contributed by atoms with Crippen LogP contribution in [0.3, 0.4) is 0 Å². The number of nitrogens with zero attached hydrogens (tertiary/aromatic N) is 1. The number of aromatic nitrogens is 1. The van der Waals surface area contributed by atoms with Crippen molar-refractivity contribution in [3.8, 4) is 0 Å². The third kappa shape index (κ3) is 14.3. The average Bonchev–Trinajstić information content (AvgIpc) is 2.63. The minimum Gasteiger partial charge on any atom is -0.204 e. The van der Waals surface area contributed by atoms with Gasteiger partial charge < -0.3 is 0 Å². The molecule has 0 aromatic carbocycles. The SMILES string of the molecule is CCCCCCCCCCCCCCCCC(Cl)C[n+]1ccccc1. The van der Waals surface area contributed by atoms with Gasteiger partial charge in [-0.15, -0.1) is 11.6 Å². The normalized spacial score (nSPS) is 12.4. The summed E-state index contributed by atoms with van der Waals surface area (Å²) in [5.41, 5.74) is 0. The predicted octanol–water partition coefficient (Wildman–Crippen LogP) is 7.45. The Hall–Kier alpha value is -0.560. The molecule has 0 bridgehead atoms. The van der Waals surface area contributed by atoms with Crippen LogP contribution in [0.5, 0.6) is 0 Å². The molecule has 25 heavy (non-hydrogen) atoms. The Kier molecular flexibility index (Phi) is 15.2. The molecule has 0 amide bonds. The Labute approximate surface area is 162 Å². The van der Waals surface area contributed by atoms with Gasteiger partial charge in [0.05, 0.1) is 5.38 Å². The lowest BCUT2D eigenvalue weighted by molar-refractivity contribution is -0.696. The van der Waals surface area contributed by atoms with E-state index in [0.717, 1.165) is 13.0 Å². The van der Waals surface area contributed by atoms with Gasteiger partial charge in [-0.05, 0) is 6.42 Å². The van der Waals surface area contributed by atoms with E-state index in [4.69, 9.17) is 11.6 Å². The lowest BCUT2D eigenvalue weighted by atomic mass is 10.0. The van der Waals surface area contributed by atoms with Gasteiger partial charge in [-0.3, -0.25) is 0 Å². The lowest BCUT2D eigenvalue weighted by Crippen LogP contribution is -2.37. The molecular formula is C23H41ClN+. The highest BCUT2D eigenvalue weighted by atomic mass is 35.5. The summed E-state index contributed by atoms with van der Waals surface area (Å²) in [6, 6.07) is 6.18. The Bertz CT molecular complexity index is 379. The van der Waals surface area contributed by atoms with Crippen LogP contribution in [0.15, 0.2) is 30.6 Å². The van der Waals surface area contributed by atoms with Gasteiger partial charge in [-0.1, -0.05) is 103 Å². The predicted molar refractivity (Wildman–Crippen MR) is 111 cm³/mol. The molecule has 0 spiro atoms. The fourth-order valence-corrected chi connectivity index (χ4v) is 3.75. The first-order chi connectivity index (χ1) is 12.3. The zero-order chi connectivity index (χ0) is 18.0. The van der Waals surface area contributed by atoms with Gasteiger partial charge in [-0.2, -0.15) is 0 Å². The Morgan fingerprint density at radius 3 is 1.56 bits per heavy atom. The summed E-state index contributed by atoms with van der Waals surface area (Å²) in [6.45, 7) is 3.22. The summed E-state index contributed by atoms with van der Waals surface area (Å²) in [7, 11) is 0. The van der Waals surface area contributed by atoms with Gasteiger partial charge in [0.15, 0.2) is 18.9 Å². The Morgan fingerprint density at radius 1 is 0.640 bits per heavy atom. The van der Waals surface area contributed by atoms with E-state index in [1.54, 1.807) is 0 Å². The van der Waals surface area contributed by atoms with E-state index in [1.165, 1.54) is 89.9 Å². The van der Waals surface area contributed by atoms with E-state index in [2.05, 4.69) is 36.0 Å². The molecule has 2 heteroatoms. The number of hydrogen-bond acceptors (Lipinski definition) is 0. The number of hydrogen-bond donors (Lipinski definition) is 0. The zero-order valence-corrected chi connectivity index (χ0v) is 17.4. The van der Waals surface area contributed by atoms with Crippen LogP contribution in [0.2, 0.25) is 0 Å². The molecule has 0 radical (unpaired) electrons. The van der Waals surface area contributed by atoms with Crippen LogP contribution in [0.4, 0.5) is 0 Å². The highest BCUT2D eigenvalue weighted by Crippen LogP contribution is 2.14. The van der Waals surface area contributed by atoms with Crippen molar-refractivity contribution in [3.63, 3.8) is 0 Å². The van der Waals surface area contributed by atoms with E-state index in [0.29, 0.717) is 0 Å². The van der Waals surface area contributed by atoms with Gasteiger partial charge in [0.1, 0.15) is 0 Å². The molecule has 0 aliphatic rings. The molecule has 0 N–H and O–H groups in total. The van der Waals surface area contributed by atoms with Gasteiger partial charge in [0, 0.05) is 12.1 Å². The van der Waals surface area contributed by atoms with Crippen molar-refractivity contribution >= 4 is 11.6 Å². The summed E-state index contributed by atoms with van der Waals surface area (Å²) in [5, 5.41) is 0.268. The van der Waals surface area contributed by atoms with Gasteiger partial charge in [0.2, 0.25) is 0 Å². The molecule has 0 saturated carbocycles. The lowest BCUT2D eigenvalue weighted by Gasteiger charge is -2.06. The monoisotopic (exact) mass is 366 g/mol. The second-order valence-corrected chi connectivity index (χ2v) is 8.17. The molecule has 1 heterocycles. The quantitative estimate of drug-likeness (QED) is 0.153. The summed E-state index contributed by atoms with van der Waals surface area (Å²) < 4.78 is 2.18. The van der Waals surface area contributed by atoms with Crippen LogP contribution >= 0.6 is 11.6 Å². The molecule has 0 aliphatic heterocycles. The summed E-state index contributed by atoms with van der Waals surface area (Å²) in [6.07, 6.45) is 25.1. The van der Waals surface area contributed by atoms with Crippen LogP contribution in [0.1, 0.15) is 103 Å². The fraction of sp³-hybridized carbons (Fsp3) is 0.783. The average molecular weight is 367 g/mol. The van der Waals surface area contributed by atoms with E-state index in [-0.39, 0.29) is 5.38 Å². The van der Waals surface area contributed by atoms with E-state index < -0.39 is 0 Å². The molecule has 1 unspecified atom stereocenters. The largest absolute Gasteiger partial charge is 0.204 e. The number of unbranched alkanes of at least 4 members (excludes halogenated alkanes) is 13. The maximum Gasteiger partial charge on any atom is 0.168 e. The van der Waals surface area contributed by atoms with Gasteiger partial charge >= 0.3 is 0 Å². The van der Waals surface area contributed by atoms with Crippen LogP contribution in [0.25, 0.3) is 0 Å². The third-order valence-corrected chi connectivity index (χ3v) is 5.41. The van der Waals surface area contributed by atoms with E-state index in [9.17, 15) is 0 Å². The molecule has 1 aromatic rings.